The Hall–Kier alpha value is -5.96. The predicted octanol–water partition coefficient (Wildman–Crippen LogP) is 14.3. The number of hydrogen-bond acceptors (Lipinski definition) is 2. The molecule has 1 aliphatic carbocycles. The summed E-state index contributed by atoms with van der Waals surface area (Å²) < 4.78 is 2.73. The average Bonchev–Trinajstić information content (AvgIpc) is 3.69. The average molecular weight is 670 g/mol. The summed E-state index contributed by atoms with van der Waals surface area (Å²) in [6.45, 7) is 4.88. The van der Waals surface area contributed by atoms with E-state index in [1.54, 1.807) is 0 Å². The first kappa shape index (κ1) is 29.9. The third-order valence-electron chi connectivity index (χ3n) is 10.8. The van der Waals surface area contributed by atoms with E-state index in [1.807, 2.05) is 11.3 Å². The first-order valence-corrected chi connectivity index (χ1v) is 18.5. The van der Waals surface area contributed by atoms with Crippen LogP contribution in [-0.2, 0) is 5.41 Å². The predicted molar refractivity (Wildman–Crippen MR) is 220 cm³/mol. The molecule has 1 aliphatic rings. The van der Waals surface area contributed by atoms with E-state index in [0.29, 0.717) is 0 Å². The van der Waals surface area contributed by atoms with E-state index in [0.717, 1.165) is 11.4 Å². The fourth-order valence-corrected chi connectivity index (χ4v) is 9.81. The van der Waals surface area contributed by atoms with Crippen molar-refractivity contribution in [3.8, 4) is 33.4 Å². The minimum absolute atomic E-state index is 0.264. The van der Waals surface area contributed by atoms with Gasteiger partial charge in [-0.1, -0.05) is 153 Å². The Morgan fingerprint density at radius 2 is 0.941 bits per heavy atom. The van der Waals surface area contributed by atoms with Gasteiger partial charge in [0.25, 0.3) is 0 Å². The fourth-order valence-electron chi connectivity index (χ4n) is 8.56. The molecule has 0 bridgehead atoms. The van der Waals surface area contributed by atoms with Crippen LogP contribution in [0, 0.1) is 0 Å². The molecule has 2 heteroatoms. The Morgan fingerprint density at radius 1 is 0.431 bits per heavy atom. The van der Waals surface area contributed by atoms with Gasteiger partial charge in [0, 0.05) is 42.3 Å². The standard InChI is InChI=1S/C49H35NS/c1-49(2)46-41(44-38-18-9-10-19-39(38)48-45(47(44)49)40-20-11-12-23-43(40)51-48)21-13-22-42(46)50(36-28-24-34(25-29-36)32-14-5-3-6-15-32)37-30-26-35(27-31-37)33-16-7-4-8-17-33/h3-31H,1-2H3. The SMILES string of the molecule is CC1(C)c2c(cccc2N(c2ccc(-c3ccccc3)cc2)c2ccc(-c3ccccc3)cc2)-c2c1c1c3ccccc3sc1c1ccccc21. The van der Waals surface area contributed by atoms with Gasteiger partial charge in [-0.3, -0.25) is 0 Å². The van der Waals surface area contributed by atoms with Crippen molar-refractivity contribution in [2.24, 2.45) is 0 Å². The second kappa shape index (κ2) is 11.6. The number of nitrogens with zero attached hydrogens (tertiary/aromatic N) is 1. The maximum atomic E-state index is 2.47. The molecule has 1 aromatic heterocycles. The molecule has 0 spiro atoms. The maximum absolute atomic E-state index is 2.47. The van der Waals surface area contributed by atoms with E-state index in [2.05, 4.69) is 195 Å². The summed E-state index contributed by atoms with van der Waals surface area (Å²) in [5, 5.41) is 5.43. The Labute approximate surface area is 302 Å². The molecule has 0 saturated heterocycles. The zero-order chi connectivity index (χ0) is 34.1. The van der Waals surface area contributed by atoms with Gasteiger partial charge in [-0.15, -0.1) is 11.3 Å². The van der Waals surface area contributed by atoms with E-state index in [4.69, 9.17) is 0 Å². The summed E-state index contributed by atoms with van der Waals surface area (Å²) in [7, 11) is 0. The summed E-state index contributed by atoms with van der Waals surface area (Å²) in [6, 6.07) is 64.4. The lowest BCUT2D eigenvalue weighted by Gasteiger charge is -2.32. The largest absolute Gasteiger partial charge is 0.310 e. The zero-order valence-electron chi connectivity index (χ0n) is 28.6. The molecule has 0 amide bonds. The summed E-state index contributed by atoms with van der Waals surface area (Å²) in [6.07, 6.45) is 0. The van der Waals surface area contributed by atoms with Gasteiger partial charge in [-0.25, -0.2) is 0 Å². The zero-order valence-corrected chi connectivity index (χ0v) is 29.4. The quantitative estimate of drug-likeness (QED) is 0.176. The monoisotopic (exact) mass is 669 g/mol. The molecule has 0 aliphatic heterocycles. The van der Waals surface area contributed by atoms with E-state index < -0.39 is 0 Å². The van der Waals surface area contributed by atoms with Crippen LogP contribution in [0.15, 0.2) is 176 Å². The number of hydrogen-bond donors (Lipinski definition) is 0. The van der Waals surface area contributed by atoms with Gasteiger partial charge in [0.2, 0.25) is 0 Å². The van der Waals surface area contributed by atoms with Gasteiger partial charge in [-0.05, 0) is 86.3 Å². The van der Waals surface area contributed by atoms with Gasteiger partial charge in [-0.2, -0.15) is 0 Å². The molecule has 242 valence electrons. The number of thiophene rings is 1. The van der Waals surface area contributed by atoms with Gasteiger partial charge in [0.1, 0.15) is 0 Å². The summed E-state index contributed by atoms with van der Waals surface area (Å²) in [5.74, 6) is 0. The molecule has 0 atom stereocenters. The highest BCUT2D eigenvalue weighted by atomic mass is 32.1. The van der Waals surface area contributed by atoms with Crippen LogP contribution in [0.4, 0.5) is 17.1 Å². The maximum Gasteiger partial charge on any atom is 0.0508 e. The molecule has 0 saturated carbocycles. The number of benzene rings is 8. The molecular formula is C49H35NS. The molecule has 0 N–H and O–H groups in total. The Balaban J connectivity index is 1.22. The summed E-state index contributed by atoms with van der Waals surface area (Å²) >= 11 is 1.93. The third kappa shape index (κ3) is 4.60. The smallest absolute Gasteiger partial charge is 0.0508 e. The van der Waals surface area contributed by atoms with Crippen molar-refractivity contribution in [3.05, 3.63) is 187 Å². The molecule has 8 aromatic carbocycles. The van der Waals surface area contributed by atoms with Gasteiger partial charge in [0.15, 0.2) is 0 Å². The highest BCUT2D eigenvalue weighted by Gasteiger charge is 2.42. The molecule has 0 radical (unpaired) electrons. The topological polar surface area (TPSA) is 3.24 Å². The van der Waals surface area contributed by atoms with Crippen LogP contribution in [0.25, 0.3) is 64.3 Å². The van der Waals surface area contributed by atoms with Crippen molar-refractivity contribution in [2.45, 2.75) is 19.3 Å². The fraction of sp³-hybridized carbons (Fsp3) is 0.0612. The van der Waals surface area contributed by atoms with Crippen molar-refractivity contribution < 1.29 is 0 Å². The lowest BCUT2D eigenvalue weighted by molar-refractivity contribution is 0.667. The lowest BCUT2D eigenvalue weighted by Crippen LogP contribution is -2.21. The number of fused-ring (bicyclic) bond motifs is 10. The van der Waals surface area contributed by atoms with Gasteiger partial charge < -0.3 is 4.90 Å². The first-order chi connectivity index (χ1) is 25.1. The van der Waals surface area contributed by atoms with Crippen LogP contribution in [0.3, 0.4) is 0 Å². The van der Waals surface area contributed by atoms with Crippen LogP contribution < -0.4 is 4.90 Å². The van der Waals surface area contributed by atoms with Crippen molar-refractivity contribution in [2.75, 3.05) is 4.90 Å². The van der Waals surface area contributed by atoms with Crippen LogP contribution in [0.5, 0.6) is 0 Å². The Bertz CT molecular complexity index is 2660. The number of anilines is 3. The molecule has 1 heterocycles. The van der Waals surface area contributed by atoms with E-state index in [9.17, 15) is 0 Å². The highest BCUT2D eigenvalue weighted by molar-refractivity contribution is 7.26. The molecule has 0 unspecified atom stereocenters. The first-order valence-electron chi connectivity index (χ1n) is 17.7. The Morgan fingerprint density at radius 3 is 1.55 bits per heavy atom. The molecule has 9 aromatic rings. The third-order valence-corrected chi connectivity index (χ3v) is 12.0. The van der Waals surface area contributed by atoms with E-state index >= 15 is 0 Å². The van der Waals surface area contributed by atoms with E-state index in [1.165, 1.54) is 81.1 Å². The molecular weight excluding hydrogens is 635 g/mol. The second-order valence-electron chi connectivity index (χ2n) is 14.1. The minimum Gasteiger partial charge on any atom is -0.310 e. The normalized spacial score (nSPS) is 13.1. The van der Waals surface area contributed by atoms with Crippen LogP contribution in [-0.4, -0.2) is 0 Å². The molecule has 10 rings (SSSR count). The summed E-state index contributed by atoms with van der Waals surface area (Å²) in [5.41, 5.74) is 13.6. The van der Waals surface area contributed by atoms with Crippen LogP contribution in [0.1, 0.15) is 25.0 Å². The van der Waals surface area contributed by atoms with Gasteiger partial charge >= 0.3 is 0 Å². The van der Waals surface area contributed by atoms with E-state index in [-0.39, 0.29) is 5.41 Å². The lowest BCUT2D eigenvalue weighted by atomic mass is 9.79. The molecule has 1 nitrogen and oxygen atoms in total. The second-order valence-corrected chi connectivity index (χ2v) is 15.1. The van der Waals surface area contributed by atoms with Crippen molar-refractivity contribution in [1.82, 2.24) is 0 Å². The molecule has 51 heavy (non-hydrogen) atoms. The van der Waals surface area contributed by atoms with Crippen LogP contribution >= 0.6 is 11.3 Å². The van der Waals surface area contributed by atoms with Crippen molar-refractivity contribution in [1.29, 1.82) is 0 Å². The highest BCUT2D eigenvalue weighted by Crippen LogP contribution is 2.60. The summed E-state index contributed by atoms with van der Waals surface area (Å²) in [4.78, 5) is 2.47. The molecule has 0 fully saturated rings. The minimum atomic E-state index is -0.264. The van der Waals surface area contributed by atoms with Gasteiger partial charge in [0.05, 0.1) is 5.69 Å². The van der Waals surface area contributed by atoms with Crippen molar-refractivity contribution >= 4 is 59.3 Å². The van der Waals surface area contributed by atoms with Crippen LogP contribution in [0.2, 0.25) is 0 Å². The Kier molecular flexibility index (Phi) is 6.78. The van der Waals surface area contributed by atoms with Crippen molar-refractivity contribution in [3.63, 3.8) is 0 Å². The number of rotatable bonds is 5.